The van der Waals surface area contributed by atoms with Crippen molar-refractivity contribution >= 4 is 27.1 Å². The molecule has 0 radical (unpaired) electrons. The third kappa shape index (κ3) is 2.50. The number of halogens is 1. The van der Waals surface area contributed by atoms with Crippen molar-refractivity contribution in [3.63, 3.8) is 0 Å². The fourth-order valence-electron chi connectivity index (χ4n) is 2.12. The van der Waals surface area contributed by atoms with E-state index in [4.69, 9.17) is 11.6 Å². The second-order valence-corrected chi connectivity index (χ2v) is 8.06. The predicted octanol–water partition coefficient (Wildman–Crippen LogP) is 2.91. The highest BCUT2D eigenvalue weighted by molar-refractivity contribution is 7.90. The number of alkyl halides is 1. The molecule has 1 aromatic carbocycles. The number of hydrogen-bond donors (Lipinski definition) is 1. The van der Waals surface area contributed by atoms with E-state index in [-0.39, 0.29) is 10.8 Å². The number of anilines is 1. The molecule has 0 aliphatic heterocycles. The van der Waals surface area contributed by atoms with Crippen LogP contribution in [0.2, 0.25) is 0 Å². The molecular weight excluding hydrogens is 270 g/mol. The zero-order chi connectivity index (χ0) is 13.6. The summed E-state index contributed by atoms with van der Waals surface area (Å²) in [5.74, 6) is 0. The van der Waals surface area contributed by atoms with Gasteiger partial charge in [0, 0.05) is 28.8 Å². The highest BCUT2D eigenvalue weighted by atomic mass is 35.5. The first-order chi connectivity index (χ1) is 8.21. The van der Waals surface area contributed by atoms with Crippen molar-refractivity contribution in [2.75, 3.05) is 11.6 Å². The first kappa shape index (κ1) is 13.7. The molecule has 1 aliphatic rings. The lowest BCUT2D eigenvalue weighted by Crippen LogP contribution is -2.54. The van der Waals surface area contributed by atoms with Gasteiger partial charge in [0.05, 0.1) is 4.90 Å². The monoisotopic (exact) mass is 287 g/mol. The van der Waals surface area contributed by atoms with E-state index in [1.165, 1.54) is 6.26 Å². The Morgan fingerprint density at radius 3 is 2.22 bits per heavy atom. The minimum Gasteiger partial charge on any atom is -0.382 e. The molecule has 1 aliphatic carbocycles. The van der Waals surface area contributed by atoms with Crippen molar-refractivity contribution in [3.05, 3.63) is 24.3 Å². The maximum atomic E-state index is 11.3. The van der Waals surface area contributed by atoms with Gasteiger partial charge in [0.15, 0.2) is 9.84 Å². The third-order valence-corrected chi connectivity index (χ3v) is 5.64. The summed E-state index contributed by atoms with van der Waals surface area (Å²) in [4.78, 5) is 0.344. The van der Waals surface area contributed by atoms with Gasteiger partial charge in [0.25, 0.3) is 0 Å². The van der Waals surface area contributed by atoms with Gasteiger partial charge >= 0.3 is 0 Å². The van der Waals surface area contributed by atoms with Crippen LogP contribution < -0.4 is 5.32 Å². The van der Waals surface area contributed by atoms with Gasteiger partial charge in [-0.3, -0.25) is 0 Å². The number of benzene rings is 1. The quantitative estimate of drug-likeness (QED) is 0.870. The van der Waals surface area contributed by atoms with Crippen LogP contribution in [0.3, 0.4) is 0 Å². The van der Waals surface area contributed by atoms with Crippen LogP contribution >= 0.6 is 11.6 Å². The van der Waals surface area contributed by atoms with Crippen molar-refractivity contribution in [3.8, 4) is 0 Å². The normalized spacial score (nSPS) is 26.4. The summed E-state index contributed by atoms with van der Waals surface area (Å²) in [6.07, 6.45) is 2.14. The highest BCUT2D eigenvalue weighted by Gasteiger charge is 2.47. The highest BCUT2D eigenvalue weighted by Crippen LogP contribution is 2.45. The van der Waals surface area contributed by atoms with Crippen LogP contribution in [0.25, 0.3) is 0 Å². The molecule has 1 fully saturated rings. The fraction of sp³-hybridized carbons (Fsp3) is 0.538. The molecular formula is C13H18ClNO2S. The van der Waals surface area contributed by atoms with Crippen molar-refractivity contribution in [1.82, 2.24) is 0 Å². The molecule has 5 heteroatoms. The second-order valence-electron chi connectivity index (χ2n) is 5.52. The van der Waals surface area contributed by atoms with Gasteiger partial charge in [0.1, 0.15) is 0 Å². The zero-order valence-electron chi connectivity index (χ0n) is 10.8. The van der Waals surface area contributed by atoms with E-state index in [9.17, 15) is 8.42 Å². The van der Waals surface area contributed by atoms with Gasteiger partial charge < -0.3 is 5.32 Å². The van der Waals surface area contributed by atoms with Crippen LogP contribution in [0.1, 0.15) is 20.3 Å². The maximum Gasteiger partial charge on any atom is 0.175 e. The summed E-state index contributed by atoms with van der Waals surface area (Å²) >= 11 is 6.17. The Kier molecular flexibility index (Phi) is 3.36. The van der Waals surface area contributed by atoms with Gasteiger partial charge in [-0.2, -0.15) is 0 Å². The summed E-state index contributed by atoms with van der Waals surface area (Å²) in [6, 6.07) is 7.19. The molecule has 0 saturated heterocycles. The smallest absolute Gasteiger partial charge is 0.175 e. The number of nitrogens with one attached hydrogen (secondary N) is 1. The molecule has 2 unspecified atom stereocenters. The minimum atomic E-state index is -3.12. The Morgan fingerprint density at radius 2 is 1.83 bits per heavy atom. The first-order valence-corrected chi connectivity index (χ1v) is 8.25. The topological polar surface area (TPSA) is 46.2 Å². The summed E-state index contributed by atoms with van der Waals surface area (Å²) in [7, 11) is -3.12. The number of hydrogen-bond acceptors (Lipinski definition) is 3. The molecule has 1 N–H and O–H groups in total. The molecule has 18 heavy (non-hydrogen) atoms. The molecule has 0 spiro atoms. The Balaban J connectivity index is 2.09. The standard InChI is InChI=1S/C13H18ClNO2S/c1-13(2)11(14)8-12(13)15-9-4-6-10(7-5-9)18(3,16)17/h4-7,11-12,15H,8H2,1-3H3. The van der Waals surface area contributed by atoms with E-state index in [2.05, 4.69) is 19.2 Å². The average Bonchev–Trinajstić information content (AvgIpc) is 2.28. The molecule has 2 rings (SSSR count). The molecule has 2 atom stereocenters. The summed E-state index contributed by atoms with van der Waals surface area (Å²) < 4.78 is 22.7. The summed E-state index contributed by atoms with van der Waals surface area (Å²) in [6.45, 7) is 4.27. The zero-order valence-corrected chi connectivity index (χ0v) is 12.3. The van der Waals surface area contributed by atoms with E-state index in [1.54, 1.807) is 24.3 Å². The van der Waals surface area contributed by atoms with Gasteiger partial charge in [-0.1, -0.05) is 13.8 Å². The average molecular weight is 288 g/mol. The van der Waals surface area contributed by atoms with Crippen LogP contribution in [0, 0.1) is 5.41 Å². The van der Waals surface area contributed by atoms with Gasteiger partial charge in [-0.15, -0.1) is 11.6 Å². The van der Waals surface area contributed by atoms with E-state index in [0.29, 0.717) is 10.9 Å². The molecule has 1 aromatic rings. The summed E-state index contributed by atoms with van der Waals surface area (Å²) in [5, 5.41) is 3.60. The molecule has 0 bridgehead atoms. The summed E-state index contributed by atoms with van der Waals surface area (Å²) in [5.41, 5.74) is 1.00. The minimum absolute atomic E-state index is 0.0665. The Hall–Kier alpha value is -0.740. The lowest BCUT2D eigenvalue weighted by atomic mass is 9.66. The largest absolute Gasteiger partial charge is 0.382 e. The van der Waals surface area contributed by atoms with Gasteiger partial charge in [-0.05, 0) is 30.7 Å². The maximum absolute atomic E-state index is 11.3. The number of rotatable bonds is 3. The SMILES string of the molecule is CC1(C)C(Cl)CC1Nc1ccc(S(C)(=O)=O)cc1. The lowest BCUT2D eigenvalue weighted by molar-refractivity contribution is 0.168. The van der Waals surface area contributed by atoms with Crippen molar-refractivity contribution in [2.24, 2.45) is 5.41 Å². The molecule has 100 valence electrons. The predicted molar refractivity (Wildman–Crippen MR) is 75.0 cm³/mol. The Morgan fingerprint density at radius 1 is 1.28 bits per heavy atom. The molecule has 0 amide bonds. The van der Waals surface area contributed by atoms with Crippen molar-refractivity contribution < 1.29 is 8.42 Å². The van der Waals surface area contributed by atoms with Gasteiger partial charge in [-0.25, -0.2) is 8.42 Å². The molecule has 1 saturated carbocycles. The van der Waals surface area contributed by atoms with Crippen LogP contribution in [0.5, 0.6) is 0 Å². The van der Waals surface area contributed by atoms with Crippen molar-refractivity contribution in [1.29, 1.82) is 0 Å². The Labute approximate surface area is 113 Å². The first-order valence-electron chi connectivity index (χ1n) is 5.92. The van der Waals surface area contributed by atoms with Crippen LogP contribution in [-0.2, 0) is 9.84 Å². The van der Waals surface area contributed by atoms with Crippen LogP contribution in [-0.4, -0.2) is 26.1 Å². The van der Waals surface area contributed by atoms with Gasteiger partial charge in [0.2, 0.25) is 0 Å². The molecule has 0 heterocycles. The van der Waals surface area contributed by atoms with Crippen molar-refractivity contribution in [2.45, 2.75) is 36.6 Å². The third-order valence-electron chi connectivity index (χ3n) is 3.77. The lowest BCUT2D eigenvalue weighted by Gasteiger charge is -2.49. The second kappa shape index (κ2) is 4.42. The number of sulfone groups is 1. The van der Waals surface area contributed by atoms with E-state index in [1.807, 2.05) is 0 Å². The van der Waals surface area contributed by atoms with E-state index < -0.39 is 9.84 Å². The fourth-order valence-corrected chi connectivity index (χ4v) is 3.08. The van der Waals surface area contributed by atoms with Crippen LogP contribution in [0.4, 0.5) is 5.69 Å². The van der Waals surface area contributed by atoms with E-state index in [0.717, 1.165) is 12.1 Å². The molecule has 3 nitrogen and oxygen atoms in total. The molecule has 0 aromatic heterocycles. The Bertz CT molecular complexity index is 537. The van der Waals surface area contributed by atoms with Crippen LogP contribution in [0.15, 0.2) is 29.2 Å². The van der Waals surface area contributed by atoms with E-state index >= 15 is 0 Å².